The fraction of sp³-hybridized carbons (Fsp3) is 0.353. The third-order valence-corrected chi connectivity index (χ3v) is 4.15. The molecule has 0 saturated carbocycles. The molecule has 2 aromatic rings. The summed E-state index contributed by atoms with van der Waals surface area (Å²) < 4.78 is 13.2. The highest BCUT2D eigenvalue weighted by atomic mass is 19.1. The number of hydrogen-bond donors (Lipinski definition) is 1. The predicted octanol–water partition coefficient (Wildman–Crippen LogP) is 2.21. The van der Waals surface area contributed by atoms with Crippen LogP contribution in [0.5, 0.6) is 0 Å². The van der Waals surface area contributed by atoms with E-state index in [-0.39, 0.29) is 17.8 Å². The number of hydrogen-bond acceptors (Lipinski definition) is 3. The maximum atomic E-state index is 13.2. The van der Waals surface area contributed by atoms with E-state index in [1.807, 2.05) is 6.07 Å². The number of carbonyl (C=O) groups is 1. The summed E-state index contributed by atoms with van der Waals surface area (Å²) in [6.07, 6.45) is 4.02. The van der Waals surface area contributed by atoms with E-state index in [9.17, 15) is 14.0 Å². The summed E-state index contributed by atoms with van der Waals surface area (Å²) in [5.74, 6) is -0.266. The van der Waals surface area contributed by atoms with E-state index in [1.165, 1.54) is 18.3 Å². The minimum absolute atomic E-state index is 0.0226. The topological polar surface area (TPSA) is 66.1 Å². The van der Waals surface area contributed by atoms with E-state index in [4.69, 9.17) is 0 Å². The molecule has 120 valence electrons. The fourth-order valence-corrected chi connectivity index (χ4v) is 3.05. The van der Waals surface area contributed by atoms with Crippen LogP contribution in [0.3, 0.4) is 0 Å². The standard InChI is InChI=1S/C17H18FN3O2/c18-13-4-1-3-12(11-13)6-7-16(22)21-10-2-5-15(21)14-8-9-19-17(23)20-14/h1,3-4,8-9,11,15H,2,5-7,10H2,(H,19,20,23)/t15-/m1/s1. The Balaban J connectivity index is 1.67. The van der Waals surface area contributed by atoms with Crippen LogP contribution in [0.4, 0.5) is 4.39 Å². The Bertz CT molecular complexity index is 759. The molecule has 23 heavy (non-hydrogen) atoms. The first-order valence-corrected chi connectivity index (χ1v) is 7.72. The number of rotatable bonds is 4. The lowest BCUT2D eigenvalue weighted by Gasteiger charge is -2.24. The summed E-state index contributed by atoms with van der Waals surface area (Å²) in [4.78, 5) is 32.0. The molecule has 1 fully saturated rings. The molecule has 0 spiro atoms. The van der Waals surface area contributed by atoms with Crippen LogP contribution in [0.25, 0.3) is 0 Å². The van der Waals surface area contributed by atoms with Crippen LogP contribution in [-0.2, 0) is 11.2 Å². The van der Waals surface area contributed by atoms with Crippen molar-refractivity contribution in [3.05, 3.63) is 64.1 Å². The van der Waals surface area contributed by atoms with Crippen LogP contribution < -0.4 is 5.69 Å². The molecule has 0 radical (unpaired) electrons. The molecule has 0 bridgehead atoms. The van der Waals surface area contributed by atoms with E-state index in [1.54, 1.807) is 17.0 Å². The number of aryl methyl sites for hydroxylation is 1. The van der Waals surface area contributed by atoms with Gasteiger partial charge in [0.1, 0.15) is 5.82 Å². The summed E-state index contributed by atoms with van der Waals surface area (Å²) >= 11 is 0. The highest BCUT2D eigenvalue weighted by Gasteiger charge is 2.30. The number of aromatic nitrogens is 2. The maximum absolute atomic E-state index is 13.2. The van der Waals surface area contributed by atoms with Crippen molar-refractivity contribution in [3.63, 3.8) is 0 Å². The third-order valence-electron chi connectivity index (χ3n) is 4.15. The summed E-state index contributed by atoms with van der Waals surface area (Å²) in [7, 11) is 0. The molecule has 3 rings (SSSR count). The first kappa shape index (κ1) is 15.4. The number of amides is 1. The SMILES string of the molecule is O=C(CCc1cccc(F)c1)N1CCC[C@@H]1c1ccnc(=O)[nH]1. The largest absolute Gasteiger partial charge is 0.345 e. The second-order valence-corrected chi connectivity index (χ2v) is 5.71. The molecule has 6 heteroatoms. The van der Waals surface area contributed by atoms with E-state index in [0.29, 0.717) is 19.4 Å². The van der Waals surface area contributed by atoms with Gasteiger partial charge in [0.2, 0.25) is 5.91 Å². The highest BCUT2D eigenvalue weighted by Crippen LogP contribution is 2.30. The zero-order valence-corrected chi connectivity index (χ0v) is 12.7. The Morgan fingerprint density at radius 3 is 3.04 bits per heavy atom. The van der Waals surface area contributed by atoms with Crippen molar-refractivity contribution < 1.29 is 9.18 Å². The van der Waals surface area contributed by atoms with Gasteiger partial charge in [-0.05, 0) is 43.0 Å². The van der Waals surface area contributed by atoms with Crippen LogP contribution in [0.2, 0.25) is 0 Å². The predicted molar refractivity (Wildman–Crippen MR) is 83.3 cm³/mol. The minimum Gasteiger partial charge on any atom is -0.334 e. The number of H-pyrrole nitrogens is 1. The van der Waals surface area contributed by atoms with Crippen LogP contribution in [-0.4, -0.2) is 27.3 Å². The molecule has 1 atom stereocenters. The zero-order valence-electron chi connectivity index (χ0n) is 12.7. The molecule has 1 aromatic heterocycles. The fourth-order valence-electron chi connectivity index (χ4n) is 3.05. The van der Waals surface area contributed by atoms with Gasteiger partial charge in [-0.25, -0.2) is 14.2 Å². The first-order chi connectivity index (χ1) is 11.1. The molecule has 1 saturated heterocycles. The van der Waals surface area contributed by atoms with E-state index in [2.05, 4.69) is 9.97 Å². The van der Waals surface area contributed by atoms with Crippen molar-refractivity contribution in [3.8, 4) is 0 Å². The molecule has 1 amide bonds. The van der Waals surface area contributed by atoms with Gasteiger partial charge in [0.15, 0.2) is 0 Å². The van der Waals surface area contributed by atoms with E-state index < -0.39 is 5.69 Å². The average Bonchev–Trinajstić information content (AvgIpc) is 3.02. The van der Waals surface area contributed by atoms with Crippen LogP contribution >= 0.6 is 0 Å². The van der Waals surface area contributed by atoms with Gasteiger partial charge in [0.25, 0.3) is 0 Å². The second-order valence-electron chi connectivity index (χ2n) is 5.71. The van der Waals surface area contributed by atoms with Gasteiger partial charge in [0, 0.05) is 24.9 Å². The molecular formula is C17H18FN3O2. The lowest BCUT2D eigenvalue weighted by molar-refractivity contribution is -0.132. The van der Waals surface area contributed by atoms with Gasteiger partial charge in [-0.3, -0.25) is 4.79 Å². The first-order valence-electron chi connectivity index (χ1n) is 7.72. The molecule has 1 N–H and O–H groups in total. The van der Waals surface area contributed by atoms with Crippen molar-refractivity contribution >= 4 is 5.91 Å². The van der Waals surface area contributed by atoms with E-state index in [0.717, 1.165) is 24.1 Å². The van der Waals surface area contributed by atoms with Crippen molar-refractivity contribution in [2.75, 3.05) is 6.54 Å². The van der Waals surface area contributed by atoms with Crippen molar-refractivity contribution in [1.29, 1.82) is 0 Å². The Morgan fingerprint density at radius 1 is 1.39 bits per heavy atom. The molecule has 1 aliphatic rings. The smallest absolute Gasteiger partial charge is 0.334 e. The Labute approximate surface area is 133 Å². The van der Waals surface area contributed by atoms with E-state index >= 15 is 0 Å². The number of benzene rings is 1. The number of aromatic amines is 1. The molecule has 0 unspecified atom stereocenters. The van der Waals surface area contributed by atoms with Gasteiger partial charge in [-0.2, -0.15) is 0 Å². The van der Waals surface area contributed by atoms with Crippen LogP contribution in [0.1, 0.15) is 36.6 Å². The van der Waals surface area contributed by atoms with Gasteiger partial charge in [-0.15, -0.1) is 0 Å². The summed E-state index contributed by atoms with van der Waals surface area (Å²) in [5, 5.41) is 0. The quantitative estimate of drug-likeness (QED) is 0.940. The monoisotopic (exact) mass is 315 g/mol. The normalized spacial score (nSPS) is 17.4. The highest BCUT2D eigenvalue weighted by molar-refractivity contribution is 5.77. The summed E-state index contributed by atoms with van der Waals surface area (Å²) in [5.41, 5.74) is 1.13. The van der Waals surface area contributed by atoms with Crippen LogP contribution in [0.15, 0.2) is 41.3 Å². The Hall–Kier alpha value is -2.50. The molecule has 1 aliphatic heterocycles. The zero-order chi connectivity index (χ0) is 16.2. The van der Waals surface area contributed by atoms with Crippen molar-refractivity contribution in [2.24, 2.45) is 0 Å². The second kappa shape index (κ2) is 6.73. The maximum Gasteiger partial charge on any atom is 0.345 e. The van der Waals surface area contributed by atoms with Gasteiger partial charge in [-0.1, -0.05) is 12.1 Å². The molecule has 0 aliphatic carbocycles. The number of halogens is 1. The van der Waals surface area contributed by atoms with Crippen molar-refractivity contribution in [1.82, 2.24) is 14.9 Å². The molecule has 1 aromatic carbocycles. The van der Waals surface area contributed by atoms with Crippen molar-refractivity contribution in [2.45, 2.75) is 31.7 Å². The summed E-state index contributed by atoms with van der Waals surface area (Å²) in [6, 6.07) is 7.94. The van der Waals surface area contributed by atoms with Gasteiger partial charge >= 0.3 is 5.69 Å². The number of nitrogens with zero attached hydrogens (tertiary/aromatic N) is 2. The molecule has 2 heterocycles. The number of carbonyl (C=O) groups excluding carboxylic acids is 1. The third kappa shape index (κ3) is 3.64. The average molecular weight is 315 g/mol. The lowest BCUT2D eigenvalue weighted by atomic mass is 10.1. The number of nitrogens with one attached hydrogen (secondary N) is 1. The Kier molecular flexibility index (Phi) is 4.50. The van der Waals surface area contributed by atoms with Gasteiger partial charge < -0.3 is 9.88 Å². The summed E-state index contributed by atoms with van der Waals surface area (Å²) in [6.45, 7) is 0.678. The molecular weight excluding hydrogens is 297 g/mol. The minimum atomic E-state index is -0.401. The lowest BCUT2D eigenvalue weighted by Crippen LogP contribution is -2.32. The molecule has 5 nitrogen and oxygen atoms in total. The van der Waals surface area contributed by atoms with Gasteiger partial charge in [0.05, 0.1) is 6.04 Å². The van der Waals surface area contributed by atoms with Crippen LogP contribution in [0, 0.1) is 5.82 Å². The Morgan fingerprint density at radius 2 is 2.26 bits per heavy atom. The number of likely N-dealkylation sites (tertiary alicyclic amines) is 1.